The molecule has 0 aliphatic rings. The normalized spacial score (nSPS) is 13.0. The summed E-state index contributed by atoms with van der Waals surface area (Å²) in [6.45, 7) is 6.44. The highest BCUT2D eigenvalue weighted by molar-refractivity contribution is 7.09. The van der Waals surface area contributed by atoms with Crippen molar-refractivity contribution in [2.75, 3.05) is 19.7 Å². The summed E-state index contributed by atoms with van der Waals surface area (Å²) in [6, 6.07) is 4.23. The van der Waals surface area contributed by atoms with Crippen LogP contribution in [0.2, 0.25) is 0 Å². The lowest BCUT2D eigenvalue weighted by atomic mass is 10.0. The number of aliphatic imine (C=N–C) groups is 1. The Morgan fingerprint density at radius 1 is 1.33 bits per heavy atom. The molecule has 1 atom stereocenters. The minimum Gasteiger partial charge on any atom is -0.396 e. The summed E-state index contributed by atoms with van der Waals surface area (Å²) in [6.07, 6.45) is 3.99. The topological polar surface area (TPSA) is 87.4 Å². The van der Waals surface area contributed by atoms with Gasteiger partial charge < -0.3 is 20.3 Å². The molecule has 2 heterocycles. The molecule has 0 amide bonds. The molecule has 0 radical (unpaired) electrons. The predicted octanol–water partition coefficient (Wildman–Crippen LogP) is 2.26. The molecule has 0 aliphatic carbocycles. The smallest absolute Gasteiger partial charge is 0.191 e. The SMILES string of the molecule is CCCC(CCO)CNC(=NCc1nnc(C)n1C)NCCc1cccs1. The molecule has 0 fully saturated rings. The van der Waals surface area contributed by atoms with E-state index in [1.54, 1.807) is 11.3 Å². The van der Waals surface area contributed by atoms with Crippen molar-refractivity contribution in [3.8, 4) is 0 Å². The number of aryl methyl sites for hydroxylation is 1. The standard InChI is InChI=1S/C19H32N6OS/c1-4-6-16(9-11-26)13-21-19(20-10-8-17-7-5-12-27-17)22-14-18-24-23-15(2)25(18)3/h5,7,12,16,26H,4,6,8-11,13-14H2,1-3H3,(H2,20,21,22). The molecule has 2 rings (SSSR count). The van der Waals surface area contributed by atoms with Crippen molar-refractivity contribution in [1.82, 2.24) is 25.4 Å². The minimum absolute atomic E-state index is 0.225. The zero-order valence-electron chi connectivity index (χ0n) is 16.6. The Kier molecular flexibility index (Phi) is 9.27. The molecule has 3 N–H and O–H groups in total. The van der Waals surface area contributed by atoms with E-state index in [-0.39, 0.29) is 6.61 Å². The highest BCUT2D eigenvalue weighted by Crippen LogP contribution is 2.10. The Bertz CT molecular complexity index is 676. The number of aromatic nitrogens is 3. The van der Waals surface area contributed by atoms with Gasteiger partial charge in [0, 0.05) is 31.6 Å². The van der Waals surface area contributed by atoms with E-state index in [9.17, 15) is 5.11 Å². The third kappa shape index (κ3) is 7.30. The van der Waals surface area contributed by atoms with Crippen LogP contribution in [0, 0.1) is 12.8 Å². The number of rotatable bonds is 11. The van der Waals surface area contributed by atoms with Gasteiger partial charge in [-0.05, 0) is 43.6 Å². The Morgan fingerprint density at radius 2 is 2.19 bits per heavy atom. The second kappa shape index (κ2) is 11.7. The molecule has 0 bridgehead atoms. The number of nitrogens with one attached hydrogen (secondary N) is 2. The Hall–Kier alpha value is -1.93. The second-order valence-electron chi connectivity index (χ2n) is 6.69. The zero-order chi connectivity index (χ0) is 19.5. The summed E-state index contributed by atoms with van der Waals surface area (Å²) in [4.78, 5) is 6.05. The molecule has 0 saturated carbocycles. The lowest BCUT2D eigenvalue weighted by Gasteiger charge is -2.18. The van der Waals surface area contributed by atoms with Gasteiger partial charge >= 0.3 is 0 Å². The van der Waals surface area contributed by atoms with Gasteiger partial charge in [-0.15, -0.1) is 21.5 Å². The molecule has 2 aromatic heterocycles. The van der Waals surface area contributed by atoms with Crippen LogP contribution in [0.3, 0.4) is 0 Å². The Morgan fingerprint density at radius 3 is 2.81 bits per heavy atom. The van der Waals surface area contributed by atoms with Gasteiger partial charge in [-0.2, -0.15) is 0 Å². The number of nitrogens with zero attached hydrogens (tertiary/aromatic N) is 4. The first kappa shape index (κ1) is 21.4. The van der Waals surface area contributed by atoms with Gasteiger partial charge in [0.2, 0.25) is 0 Å². The maximum atomic E-state index is 9.27. The van der Waals surface area contributed by atoms with Gasteiger partial charge in [-0.3, -0.25) is 0 Å². The molecule has 0 aromatic carbocycles. The Balaban J connectivity index is 1.95. The van der Waals surface area contributed by atoms with Crippen molar-refractivity contribution < 1.29 is 5.11 Å². The van der Waals surface area contributed by atoms with Crippen LogP contribution >= 0.6 is 11.3 Å². The number of hydrogen-bond acceptors (Lipinski definition) is 5. The van der Waals surface area contributed by atoms with Crippen molar-refractivity contribution in [3.63, 3.8) is 0 Å². The third-order valence-corrected chi connectivity index (χ3v) is 5.53. The van der Waals surface area contributed by atoms with Crippen molar-refractivity contribution in [1.29, 1.82) is 0 Å². The van der Waals surface area contributed by atoms with Gasteiger partial charge in [0.1, 0.15) is 12.4 Å². The molecule has 0 saturated heterocycles. The fourth-order valence-electron chi connectivity index (χ4n) is 2.85. The maximum absolute atomic E-state index is 9.27. The molecule has 1 unspecified atom stereocenters. The van der Waals surface area contributed by atoms with Crippen molar-refractivity contribution in [2.24, 2.45) is 18.0 Å². The number of aliphatic hydroxyl groups is 1. The van der Waals surface area contributed by atoms with E-state index < -0.39 is 0 Å². The molecule has 150 valence electrons. The minimum atomic E-state index is 0.225. The van der Waals surface area contributed by atoms with E-state index in [4.69, 9.17) is 4.99 Å². The first-order chi connectivity index (χ1) is 13.1. The van der Waals surface area contributed by atoms with Crippen molar-refractivity contribution in [2.45, 2.75) is 46.1 Å². The van der Waals surface area contributed by atoms with Gasteiger partial charge in [0.15, 0.2) is 11.8 Å². The van der Waals surface area contributed by atoms with E-state index in [0.29, 0.717) is 12.5 Å². The van der Waals surface area contributed by atoms with Gasteiger partial charge in [0.05, 0.1) is 0 Å². The molecule has 0 spiro atoms. The van der Waals surface area contributed by atoms with Crippen LogP contribution in [0.15, 0.2) is 22.5 Å². The van der Waals surface area contributed by atoms with Crippen molar-refractivity contribution in [3.05, 3.63) is 34.0 Å². The van der Waals surface area contributed by atoms with Crippen LogP contribution in [-0.2, 0) is 20.0 Å². The van der Waals surface area contributed by atoms with Crippen LogP contribution in [0.25, 0.3) is 0 Å². The van der Waals surface area contributed by atoms with E-state index >= 15 is 0 Å². The summed E-state index contributed by atoms with van der Waals surface area (Å²) in [5.41, 5.74) is 0. The quantitative estimate of drug-likeness (QED) is 0.403. The van der Waals surface area contributed by atoms with E-state index in [1.807, 2.05) is 18.5 Å². The summed E-state index contributed by atoms with van der Waals surface area (Å²) < 4.78 is 1.96. The molecular weight excluding hydrogens is 360 g/mol. The fourth-order valence-corrected chi connectivity index (χ4v) is 3.56. The van der Waals surface area contributed by atoms with Crippen LogP contribution in [0.4, 0.5) is 0 Å². The molecule has 2 aromatic rings. The average molecular weight is 393 g/mol. The summed E-state index contributed by atoms with van der Waals surface area (Å²) in [5, 5.41) is 26.5. The van der Waals surface area contributed by atoms with Gasteiger partial charge in [-0.25, -0.2) is 4.99 Å². The van der Waals surface area contributed by atoms with Crippen LogP contribution in [0.1, 0.15) is 42.7 Å². The number of thiophene rings is 1. The Labute approximate surface area is 165 Å². The first-order valence-corrected chi connectivity index (χ1v) is 10.5. The number of hydrogen-bond donors (Lipinski definition) is 3. The molecule has 7 nitrogen and oxygen atoms in total. The van der Waals surface area contributed by atoms with Crippen LogP contribution in [-0.4, -0.2) is 45.5 Å². The predicted molar refractivity (Wildman–Crippen MR) is 111 cm³/mol. The average Bonchev–Trinajstić information content (AvgIpc) is 3.28. The van der Waals surface area contributed by atoms with Gasteiger partial charge in [0.25, 0.3) is 0 Å². The van der Waals surface area contributed by atoms with E-state index in [2.05, 4.69) is 45.3 Å². The van der Waals surface area contributed by atoms with Gasteiger partial charge in [-0.1, -0.05) is 19.4 Å². The zero-order valence-corrected chi connectivity index (χ0v) is 17.4. The maximum Gasteiger partial charge on any atom is 0.191 e. The van der Waals surface area contributed by atoms with Crippen LogP contribution < -0.4 is 10.6 Å². The van der Waals surface area contributed by atoms with Crippen LogP contribution in [0.5, 0.6) is 0 Å². The number of aliphatic hydroxyl groups excluding tert-OH is 1. The van der Waals surface area contributed by atoms with E-state index in [1.165, 1.54) is 4.88 Å². The lowest BCUT2D eigenvalue weighted by molar-refractivity contribution is 0.251. The van der Waals surface area contributed by atoms with Crippen molar-refractivity contribution >= 4 is 17.3 Å². The summed E-state index contributed by atoms with van der Waals surface area (Å²) in [5.74, 6) is 2.95. The third-order valence-electron chi connectivity index (χ3n) is 4.60. The number of guanidine groups is 1. The highest BCUT2D eigenvalue weighted by atomic mass is 32.1. The highest BCUT2D eigenvalue weighted by Gasteiger charge is 2.10. The molecule has 0 aliphatic heterocycles. The second-order valence-corrected chi connectivity index (χ2v) is 7.72. The largest absolute Gasteiger partial charge is 0.396 e. The van der Waals surface area contributed by atoms with E-state index in [0.717, 1.165) is 56.4 Å². The molecule has 8 heteroatoms. The monoisotopic (exact) mass is 392 g/mol. The fraction of sp³-hybridized carbons (Fsp3) is 0.632. The first-order valence-electron chi connectivity index (χ1n) is 9.64. The molecular formula is C19H32N6OS. The summed E-state index contributed by atoms with van der Waals surface area (Å²) in [7, 11) is 1.95. The lowest BCUT2D eigenvalue weighted by Crippen LogP contribution is -2.41. The summed E-state index contributed by atoms with van der Waals surface area (Å²) >= 11 is 1.77. The molecule has 27 heavy (non-hydrogen) atoms.